The smallest absolute Gasteiger partial charge is 0.410 e. The predicted molar refractivity (Wildman–Crippen MR) is 81.0 cm³/mol. The molecule has 1 N–H and O–H groups in total. The topological polar surface area (TPSA) is 97.6 Å². The van der Waals surface area contributed by atoms with Crippen LogP contribution in [-0.2, 0) is 4.74 Å². The van der Waals surface area contributed by atoms with Gasteiger partial charge in [0.15, 0.2) is 0 Å². The molecule has 2 rings (SSSR count). The zero-order chi connectivity index (χ0) is 17.2. The zero-order valence-electron chi connectivity index (χ0n) is 13.2. The number of anilines is 1. The van der Waals surface area contributed by atoms with Gasteiger partial charge in [-0.2, -0.15) is 0 Å². The standard InChI is InChI=1S/C14H19FN4O4/c1-14(2,3)23-13(20)18-7-9(15)10(8-18)17-12-11(19(21)22)5-4-6-16-12/h4-6,9-10H,7-8H2,1-3H3,(H,16,17)/t9-,10-/m1/s1. The minimum absolute atomic E-state index is 0.0174. The molecule has 1 aliphatic heterocycles. The summed E-state index contributed by atoms with van der Waals surface area (Å²) >= 11 is 0. The largest absolute Gasteiger partial charge is 0.444 e. The molecule has 2 atom stereocenters. The molecule has 1 saturated heterocycles. The van der Waals surface area contributed by atoms with E-state index in [4.69, 9.17) is 4.74 Å². The second kappa shape index (κ2) is 6.35. The zero-order valence-corrected chi connectivity index (χ0v) is 13.2. The maximum Gasteiger partial charge on any atom is 0.410 e. The van der Waals surface area contributed by atoms with Crippen molar-refractivity contribution in [2.45, 2.75) is 38.6 Å². The van der Waals surface area contributed by atoms with Crippen molar-refractivity contribution in [2.75, 3.05) is 18.4 Å². The fourth-order valence-electron chi connectivity index (χ4n) is 2.21. The minimum Gasteiger partial charge on any atom is -0.444 e. The van der Waals surface area contributed by atoms with E-state index in [0.717, 1.165) is 0 Å². The second-order valence-corrected chi connectivity index (χ2v) is 6.28. The lowest BCUT2D eigenvalue weighted by atomic mass is 10.2. The second-order valence-electron chi connectivity index (χ2n) is 6.28. The molecule has 8 nitrogen and oxygen atoms in total. The Morgan fingerprint density at radius 1 is 1.52 bits per heavy atom. The molecule has 0 unspecified atom stereocenters. The van der Waals surface area contributed by atoms with Gasteiger partial charge in [0.1, 0.15) is 11.8 Å². The maximum absolute atomic E-state index is 14.1. The number of rotatable bonds is 3. The molecule has 2 heterocycles. The summed E-state index contributed by atoms with van der Waals surface area (Å²) < 4.78 is 19.3. The summed E-state index contributed by atoms with van der Waals surface area (Å²) in [5, 5.41) is 13.7. The van der Waals surface area contributed by atoms with Crippen LogP contribution in [0.2, 0.25) is 0 Å². The molecule has 0 radical (unpaired) electrons. The van der Waals surface area contributed by atoms with E-state index in [2.05, 4.69) is 10.3 Å². The summed E-state index contributed by atoms with van der Waals surface area (Å²) in [5.41, 5.74) is -0.913. The van der Waals surface area contributed by atoms with Gasteiger partial charge in [-0.15, -0.1) is 0 Å². The van der Waals surface area contributed by atoms with E-state index in [0.29, 0.717) is 0 Å². The van der Waals surface area contributed by atoms with E-state index in [1.54, 1.807) is 20.8 Å². The number of alkyl halides is 1. The van der Waals surface area contributed by atoms with Gasteiger partial charge < -0.3 is 15.0 Å². The Kier molecular flexibility index (Phi) is 4.67. The Balaban J connectivity index is 2.06. The van der Waals surface area contributed by atoms with Gasteiger partial charge in [-0.25, -0.2) is 14.2 Å². The van der Waals surface area contributed by atoms with Gasteiger partial charge in [-0.3, -0.25) is 10.1 Å². The molecule has 0 saturated carbocycles. The van der Waals surface area contributed by atoms with Crippen LogP contribution in [0.1, 0.15) is 20.8 Å². The Morgan fingerprint density at radius 3 is 2.83 bits per heavy atom. The third kappa shape index (κ3) is 4.27. The van der Waals surface area contributed by atoms with Crippen LogP contribution in [0.25, 0.3) is 0 Å². The number of ether oxygens (including phenoxy) is 1. The molecule has 0 aromatic carbocycles. The Morgan fingerprint density at radius 2 is 2.22 bits per heavy atom. The molecular weight excluding hydrogens is 307 g/mol. The lowest BCUT2D eigenvalue weighted by molar-refractivity contribution is -0.384. The number of hydrogen-bond donors (Lipinski definition) is 1. The average molecular weight is 326 g/mol. The highest BCUT2D eigenvalue weighted by molar-refractivity contribution is 5.69. The van der Waals surface area contributed by atoms with Crippen LogP contribution in [0.3, 0.4) is 0 Å². The molecule has 0 aliphatic carbocycles. The Labute approximate surface area is 132 Å². The number of hydrogen-bond acceptors (Lipinski definition) is 6. The van der Waals surface area contributed by atoms with Crippen molar-refractivity contribution in [3.05, 3.63) is 28.4 Å². The number of carbonyl (C=O) groups excluding carboxylic acids is 1. The summed E-state index contributed by atoms with van der Waals surface area (Å²) in [6.07, 6.45) is -0.604. The SMILES string of the molecule is CC(C)(C)OC(=O)N1C[C@@H](F)[C@H](Nc2ncccc2[N+](=O)[O-])C1. The fraction of sp³-hybridized carbons (Fsp3) is 0.571. The average Bonchev–Trinajstić information content (AvgIpc) is 2.79. The van der Waals surface area contributed by atoms with E-state index < -0.39 is 28.8 Å². The van der Waals surface area contributed by atoms with Crippen LogP contribution < -0.4 is 5.32 Å². The molecule has 1 aromatic rings. The first kappa shape index (κ1) is 16.9. The van der Waals surface area contributed by atoms with Crippen LogP contribution in [0.15, 0.2) is 18.3 Å². The van der Waals surface area contributed by atoms with Crippen molar-refractivity contribution in [3.63, 3.8) is 0 Å². The molecular formula is C14H19FN4O4. The van der Waals surface area contributed by atoms with Gasteiger partial charge >= 0.3 is 11.8 Å². The molecule has 1 aliphatic rings. The number of nitro groups is 1. The highest BCUT2D eigenvalue weighted by atomic mass is 19.1. The van der Waals surface area contributed by atoms with Gasteiger partial charge in [0.05, 0.1) is 17.5 Å². The van der Waals surface area contributed by atoms with Crippen LogP contribution in [0.5, 0.6) is 0 Å². The molecule has 0 spiro atoms. The molecule has 0 bridgehead atoms. The molecule has 1 amide bonds. The van der Waals surface area contributed by atoms with Crippen molar-refractivity contribution in [3.8, 4) is 0 Å². The van der Waals surface area contributed by atoms with Crippen molar-refractivity contribution in [1.29, 1.82) is 0 Å². The molecule has 1 aromatic heterocycles. The number of nitrogens with one attached hydrogen (secondary N) is 1. The third-order valence-corrected chi connectivity index (χ3v) is 3.21. The van der Waals surface area contributed by atoms with E-state index in [9.17, 15) is 19.3 Å². The predicted octanol–water partition coefficient (Wildman–Crippen LogP) is 2.36. The van der Waals surface area contributed by atoms with Crippen LogP contribution in [0.4, 0.5) is 20.7 Å². The van der Waals surface area contributed by atoms with E-state index in [1.165, 1.54) is 23.2 Å². The lowest BCUT2D eigenvalue weighted by Gasteiger charge is -2.24. The Bertz CT molecular complexity index is 605. The summed E-state index contributed by atoms with van der Waals surface area (Å²) in [4.78, 5) is 27.4. The Hall–Kier alpha value is -2.45. The van der Waals surface area contributed by atoms with Crippen molar-refractivity contribution in [2.24, 2.45) is 0 Å². The first-order valence-electron chi connectivity index (χ1n) is 7.15. The number of likely N-dealkylation sites (tertiary alicyclic amines) is 1. The molecule has 1 fully saturated rings. The van der Waals surface area contributed by atoms with E-state index in [1.807, 2.05) is 0 Å². The number of nitrogens with zero attached hydrogens (tertiary/aromatic N) is 3. The summed E-state index contributed by atoms with van der Waals surface area (Å²) in [5.74, 6) is -0.0174. The molecule has 9 heteroatoms. The summed E-state index contributed by atoms with van der Waals surface area (Å²) in [6.45, 7) is 5.08. The summed E-state index contributed by atoms with van der Waals surface area (Å²) in [7, 11) is 0. The van der Waals surface area contributed by atoms with Gasteiger partial charge in [0.25, 0.3) is 0 Å². The van der Waals surface area contributed by atoms with Crippen LogP contribution in [0, 0.1) is 10.1 Å². The van der Waals surface area contributed by atoms with Crippen molar-refractivity contribution >= 4 is 17.6 Å². The van der Waals surface area contributed by atoms with Gasteiger partial charge in [-0.1, -0.05) is 0 Å². The van der Waals surface area contributed by atoms with Crippen molar-refractivity contribution in [1.82, 2.24) is 9.88 Å². The lowest BCUT2D eigenvalue weighted by Crippen LogP contribution is -2.36. The quantitative estimate of drug-likeness (QED) is 0.676. The first-order valence-corrected chi connectivity index (χ1v) is 7.15. The first-order chi connectivity index (χ1) is 10.7. The van der Waals surface area contributed by atoms with Gasteiger partial charge in [0, 0.05) is 18.8 Å². The number of pyridine rings is 1. The van der Waals surface area contributed by atoms with E-state index >= 15 is 0 Å². The van der Waals surface area contributed by atoms with Crippen LogP contribution >= 0.6 is 0 Å². The normalized spacial score (nSPS) is 21.1. The third-order valence-electron chi connectivity index (χ3n) is 3.21. The van der Waals surface area contributed by atoms with Crippen molar-refractivity contribution < 1.29 is 18.8 Å². The number of aromatic nitrogens is 1. The fourth-order valence-corrected chi connectivity index (χ4v) is 2.21. The van der Waals surface area contributed by atoms with Gasteiger partial charge in [-0.05, 0) is 26.8 Å². The monoisotopic (exact) mass is 326 g/mol. The molecule has 126 valence electrons. The maximum atomic E-state index is 14.1. The van der Waals surface area contributed by atoms with Gasteiger partial charge in [0.2, 0.25) is 5.82 Å². The van der Waals surface area contributed by atoms with Crippen LogP contribution in [-0.4, -0.2) is 51.8 Å². The highest BCUT2D eigenvalue weighted by Gasteiger charge is 2.38. The highest BCUT2D eigenvalue weighted by Crippen LogP contribution is 2.25. The minimum atomic E-state index is -1.37. The summed E-state index contributed by atoms with van der Waals surface area (Å²) in [6, 6.07) is 1.93. The number of halogens is 1. The van der Waals surface area contributed by atoms with E-state index in [-0.39, 0.29) is 24.6 Å². The molecule has 23 heavy (non-hydrogen) atoms. The number of amides is 1. The number of carbonyl (C=O) groups is 1.